The van der Waals surface area contributed by atoms with Crippen LogP contribution < -0.4 is 15.5 Å². The second-order valence-corrected chi connectivity index (χ2v) is 10.4. The normalized spacial score (nSPS) is 26.1. The minimum Gasteiger partial charge on any atom is -0.371 e. The molecule has 168 valence electrons. The number of nitrogens with zero attached hydrogens (tertiary/aromatic N) is 2. The first-order valence-electron chi connectivity index (χ1n) is 11.3. The number of nitrogens with one attached hydrogen (secondary N) is 2. The van der Waals surface area contributed by atoms with Crippen LogP contribution in [0.5, 0.6) is 0 Å². The summed E-state index contributed by atoms with van der Waals surface area (Å²) >= 11 is 1.66. The molecule has 3 atom stereocenters. The second-order valence-electron chi connectivity index (χ2n) is 8.85. The second kappa shape index (κ2) is 9.10. The van der Waals surface area contributed by atoms with Crippen LogP contribution >= 0.6 is 11.8 Å². The van der Waals surface area contributed by atoms with Crippen molar-refractivity contribution in [2.45, 2.75) is 69.3 Å². The highest BCUT2D eigenvalue weighted by Crippen LogP contribution is 2.47. The fourth-order valence-electron chi connectivity index (χ4n) is 4.83. The van der Waals surface area contributed by atoms with Gasteiger partial charge in [0.1, 0.15) is 12.1 Å². The van der Waals surface area contributed by atoms with Gasteiger partial charge in [-0.05, 0) is 50.8 Å². The molecule has 8 heteroatoms. The monoisotopic (exact) mass is 444 g/mol. The van der Waals surface area contributed by atoms with E-state index in [2.05, 4.69) is 21.6 Å². The van der Waals surface area contributed by atoms with Crippen LogP contribution in [-0.4, -0.2) is 58.4 Å². The number of hydrogen-bond acceptors (Lipinski definition) is 5. The first-order valence-corrected chi connectivity index (χ1v) is 12.3. The van der Waals surface area contributed by atoms with E-state index in [1.165, 1.54) is 12.8 Å². The predicted molar refractivity (Wildman–Crippen MR) is 124 cm³/mol. The number of hydrogen-bond donors (Lipinski definition) is 2. The summed E-state index contributed by atoms with van der Waals surface area (Å²) in [6.07, 6.45) is 4.96. The van der Waals surface area contributed by atoms with Gasteiger partial charge in [0.2, 0.25) is 17.7 Å². The molecule has 2 N–H and O–H groups in total. The standard InChI is InChI=1S/C23H32N4O3S/c1-3-7-18(25-22(30)19-15-31-23(2)11-10-20(28)27(19)23)21(29)24-16-8-6-9-17(14-16)26-12-4-5-13-26/h6,8-9,14,18-19H,3-5,7,10-13,15H2,1-2H3,(H,24,29)(H,25,30). The minimum atomic E-state index is -0.623. The summed E-state index contributed by atoms with van der Waals surface area (Å²) in [5, 5.41) is 5.91. The molecule has 3 aliphatic rings. The lowest BCUT2D eigenvalue weighted by Gasteiger charge is -2.30. The maximum absolute atomic E-state index is 13.0. The molecular formula is C23H32N4O3S. The van der Waals surface area contributed by atoms with Crippen LogP contribution in [-0.2, 0) is 14.4 Å². The van der Waals surface area contributed by atoms with Gasteiger partial charge in [-0.1, -0.05) is 19.4 Å². The zero-order valence-electron chi connectivity index (χ0n) is 18.4. The quantitative estimate of drug-likeness (QED) is 0.676. The Morgan fingerprint density at radius 1 is 1.29 bits per heavy atom. The maximum Gasteiger partial charge on any atom is 0.246 e. The average molecular weight is 445 g/mol. The number of carbonyl (C=O) groups excluding carboxylic acids is 3. The van der Waals surface area contributed by atoms with E-state index in [-0.39, 0.29) is 22.6 Å². The van der Waals surface area contributed by atoms with Crippen molar-refractivity contribution in [3.05, 3.63) is 24.3 Å². The van der Waals surface area contributed by atoms with Crippen LogP contribution in [0.15, 0.2) is 24.3 Å². The van der Waals surface area contributed by atoms with Crippen molar-refractivity contribution in [3.8, 4) is 0 Å². The van der Waals surface area contributed by atoms with Gasteiger partial charge in [0.15, 0.2) is 0 Å². The predicted octanol–water partition coefficient (Wildman–Crippen LogP) is 2.96. The molecule has 0 saturated carbocycles. The lowest BCUT2D eigenvalue weighted by atomic mass is 10.1. The van der Waals surface area contributed by atoms with Crippen molar-refractivity contribution < 1.29 is 14.4 Å². The molecule has 3 unspecified atom stereocenters. The molecule has 3 amide bonds. The Hall–Kier alpha value is -2.22. The molecule has 0 aliphatic carbocycles. The summed E-state index contributed by atoms with van der Waals surface area (Å²) in [6.45, 7) is 6.10. The number of benzene rings is 1. The van der Waals surface area contributed by atoms with Gasteiger partial charge in [-0.25, -0.2) is 0 Å². The summed E-state index contributed by atoms with van der Waals surface area (Å²) in [5.74, 6) is 0.163. The number of carbonyl (C=O) groups is 3. The molecule has 3 aliphatic heterocycles. The highest BCUT2D eigenvalue weighted by molar-refractivity contribution is 8.01. The van der Waals surface area contributed by atoms with Gasteiger partial charge in [-0.3, -0.25) is 14.4 Å². The van der Waals surface area contributed by atoms with Gasteiger partial charge in [0.05, 0.1) is 4.87 Å². The molecule has 3 fully saturated rings. The smallest absolute Gasteiger partial charge is 0.246 e. The van der Waals surface area contributed by atoms with E-state index in [1.807, 2.05) is 32.0 Å². The maximum atomic E-state index is 13.0. The number of amides is 3. The van der Waals surface area contributed by atoms with Crippen molar-refractivity contribution in [1.29, 1.82) is 0 Å². The van der Waals surface area contributed by atoms with Crippen molar-refractivity contribution in [2.75, 3.05) is 29.1 Å². The zero-order valence-corrected chi connectivity index (χ0v) is 19.2. The third kappa shape index (κ3) is 4.54. The van der Waals surface area contributed by atoms with Crippen molar-refractivity contribution >= 4 is 40.9 Å². The molecule has 3 saturated heterocycles. The van der Waals surface area contributed by atoms with E-state index in [0.29, 0.717) is 18.6 Å². The third-order valence-electron chi connectivity index (χ3n) is 6.54. The SMILES string of the molecule is CCCC(NC(=O)C1CSC2(C)CCC(=O)N12)C(=O)Nc1cccc(N2CCCC2)c1. The first kappa shape index (κ1) is 22.0. The molecule has 1 aromatic carbocycles. The van der Waals surface area contributed by atoms with Crippen LogP contribution in [0.2, 0.25) is 0 Å². The van der Waals surface area contributed by atoms with Gasteiger partial charge < -0.3 is 20.4 Å². The molecule has 3 heterocycles. The average Bonchev–Trinajstić information content (AvgIpc) is 3.46. The van der Waals surface area contributed by atoms with Crippen LogP contribution in [0.4, 0.5) is 11.4 Å². The zero-order chi connectivity index (χ0) is 22.0. The van der Waals surface area contributed by atoms with Gasteiger partial charge >= 0.3 is 0 Å². The number of fused-ring (bicyclic) bond motifs is 1. The topological polar surface area (TPSA) is 81.8 Å². The van der Waals surface area contributed by atoms with E-state index in [9.17, 15) is 14.4 Å². The number of rotatable bonds is 7. The molecule has 0 spiro atoms. The van der Waals surface area contributed by atoms with Crippen LogP contribution in [0.3, 0.4) is 0 Å². The number of thioether (sulfide) groups is 1. The fraction of sp³-hybridized carbons (Fsp3) is 0.609. The molecule has 4 rings (SSSR count). The minimum absolute atomic E-state index is 0.0304. The van der Waals surface area contributed by atoms with E-state index in [4.69, 9.17) is 0 Å². The molecule has 31 heavy (non-hydrogen) atoms. The summed E-state index contributed by atoms with van der Waals surface area (Å²) < 4.78 is 0. The summed E-state index contributed by atoms with van der Waals surface area (Å²) in [7, 11) is 0. The van der Waals surface area contributed by atoms with Crippen LogP contribution in [0.1, 0.15) is 52.4 Å². The molecular weight excluding hydrogens is 412 g/mol. The molecule has 0 radical (unpaired) electrons. The van der Waals surface area contributed by atoms with Crippen molar-refractivity contribution in [1.82, 2.24) is 10.2 Å². The molecule has 7 nitrogen and oxygen atoms in total. The van der Waals surface area contributed by atoms with Gasteiger partial charge in [0.25, 0.3) is 0 Å². The van der Waals surface area contributed by atoms with Crippen LogP contribution in [0.25, 0.3) is 0 Å². The van der Waals surface area contributed by atoms with Crippen molar-refractivity contribution in [3.63, 3.8) is 0 Å². The Labute approximate surface area is 188 Å². The Morgan fingerprint density at radius 3 is 2.81 bits per heavy atom. The summed E-state index contributed by atoms with van der Waals surface area (Å²) in [6, 6.07) is 6.76. The van der Waals surface area contributed by atoms with Gasteiger partial charge in [0, 0.05) is 36.6 Å². The van der Waals surface area contributed by atoms with Crippen LogP contribution in [0, 0.1) is 0 Å². The molecule has 0 aromatic heterocycles. The Kier molecular flexibility index (Phi) is 6.46. The number of anilines is 2. The lowest BCUT2D eigenvalue weighted by molar-refractivity contribution is -0.138. The van der Waals surface area contributed by atoms with E-state index in [1.54, 1.807) is 16.7 Å². The first-order chi connectivity index (χ1) is 14.9. The highest BCUT2D eigenvalue weighted by atomic mass is 32.2. The van der Waals surface area contributed by atoms with E-state index in [0.717, 1.165) is 37.3 Å². The van der Waals surface area contributed by atoms with Gasteiger partial charge in [-0.2, -0.15) is 0 Å². The van der Waals surface area contributed by atoms with E-state index >= 15 is 0 Å². The fourth-order valence-corrected chi connectivity index (χ4v) is 6.26. The Bertz CT molecular complexity index is 857. The summed E-state index contributed by atoms with van der Waals surface area (Å²) in [5.41, 5.74) is 1.85. The highest BCUT2D eigenvalue weighted by Gasteiger charge is 2.53. The third-order valence-corrected chi connectivity index (χ3v) is 8.05. The Morgan fingerprint density at radius 2 is 2.06 bits per heavy atom. The molecule has 1 aromatic rings. The molecule has 0 bridgehead atoms. The Balaban J connectivity index is 1.41. The summed E-state index contributed by atoms with van der Waals surface area (Å²) in [4.78, 5) is 42.2. The largest absolute Gasteiger partial charge is 0.371 e. The van der Waals surface area contributed by atoms with E-state index < -0.39 is 12.1 Å². The lowest BCUT2D eigenvalue weighted by Crippen LogP contribution is -2.54. The van der Waals surface area contributed by atoms with Crippen molar-refractivity contribution in [2.24, 2.45) is 0 Å². The van der Waals surface area contributed by atoms with Gasteiger partial charge in [-0.15, -0.1) is 11.8 Å².